The Bertz CT molecular complexity index is 577. The van der Waals surface area contributed by atoms with Gasteiger partial charge in [-0.1, -0.05) is 37.3 Å². The molecule has 1 aromatic heterocycles. The number of hydrogen-bond acceptors (Lipinski definition) is 3. The van der Waals surface area contributed by atoms with Gasteiger partial charge in [0.05, 0.1) is 17.4 Å². The molecule has 20 heavy (non-hydrogen) atoms. The molecule has 0 spiro atoms. The fourth-order valence-electron chi connectivity index (χ4n) is 2.09. The summed E-state index contributed by atoms with van der Waals surface area (Å²) in [6, 6.07) is 9.19. The Morgan fingerprint density at radius 3 is 2.75 bits per heavy atom. The van der Waals surface area contributed by atoms with E-state index in [2.05, 4.69) is 10.4 Å². The van der Waals surface area contributed by atoms with Crippen molar-refractivity contribution in [1.82, 2.24) is 9.78 Å². The SMILES string of the molecule is CCc1nn(C)cc1NC(=O)[C@@H](N)Cc1ccccc1. The van der Waals surface area contributed by atoms with Crippen LogP contribution < -0.4 is 11.1 Å². The minimum atomic E-state index is -0.567. The van der Waals surface area contributed by atoms with Crippen molar-refractivity contribution in [2.45, 2.75) is 25.8 Å². The Hall–Kier alpha value is -2.14. The standard InChI is InChI=1S/C15H20N4O/c1-3-13-14(10-19(2)18-13)17-15(20)12(16)9-11-7-5-4-6-8-11/h4-8,10,12H,3,9,16H2,1-2H3,(H,17,20)/t12-/m0/s1. The Morgan fingerprint density at radius 1 is 1.40 bits per heavy atom. The van der Waals surface area contributed by atoms with Gasteiger partial charge in [0.2, 0.25) is 5.91 Å². The maximum Gasteiger partial charge on any atom is 0.241 e. The summed E-state index contributed by atoms with van der Waals surface area (Å²) < 4.78 is 1.69. The van der Waals surface area contributed by atoms with Crippen molar-refractivity contribution in [3.63, 3.8) is 0 Å². The number of carbonyl (C=O) groups is 1. The zero-order chi connectivity index (χ0) is 14.5. The van der Waals surface area contributed by atoms with E-state index < -0.39 is 6.04 Å². The number of benzene rings is 1. The van der Waals surface area contributed by atoms with Crippen molar-refractivity contribution in [2.24, 2.45) is 12.8 Å². The number of amides is 1. The molecule has 2 rings (SSSR count). The quantitative estimate of drug-likeness (QED) is 0.866. The Kier molecular flexibility index (Phi) is 4.53. The lowest BCUT2D eigenvalue weighted by Crippen LogP contribution is -2.37. The highest BCUT2D eigenvalue weighted by Crippen LogP contribution is 2.14. The summed E-state index contributed by atoms with van der Waals surface area (Å²) in [6.07, 6.45) is 3.09. The van der Waals surface area contributed by atoms with Crippen LogP contribution in [0.25, 0.3) is 0 Å². The van der Waals surface area contributed by atoms with Crippen molar-refractivity contribution in [2.75, 3.05) is 5.32 Å². The second kappa shape index (κ2) is 6.34. The predicted octanol–water partition coefficient (Wildman–Crippen LogP) is 1.49. The highest BCUT2D eigenvalue weighted by atomic mass is 16.2. The van der Waals surface area contributed by atoms with Crippen molar-refractivity contribution in [3.05, 3.63) is 47.8 Å². The minimum absolute atomic E-state index is 0.184. The van der Waals surface area contributed by atoms with Crippen molar-refractivity contribution in [3.8, 4) is 0 Å². The van der Waals surface area contributed by atoms with Gasteiger partial charge in [0, 0.05) is 13.2 Å². The van der Waals surface area contributed by atoms with Gasteiger partial charge < -0.3 is 11.1 Å². The molecule has 0 saturated heterocycles. The number of aryl methyl sites for hydroxylation is 2. The van der Waals surface area contributed by atoms with E-state index >= 15 is 0 Å². The topological polar surface area (TPSA) is 72.9 Å². The van der Waals surface area contributed by atoms with Crippen molar-refractivity contribution in [1.29, 1.82) is 0 Å². The lowest BCUT2D eigenvalue weighted by Gasteiger charge is -2.12. The highest BCUT2D eigenvalue weighted by molar-refractivity contribution is 5.95. The first-order chi connectivity index (χ1) is 9.60. The molecule has 0 aliphatic heterocycles. The lowest BCUT2D eigenvalue weighted by atomic mass is 10.1. The van der Waals surface area contributed by atoms with Crippen LogP contribution in [0.4, 0.5) is 5.69 Å². The molecule has 0 bridgehead atoms. The van der Waals surface area contributed by atoms with Crippen LogP contribution in [0, 0.1) is 0 Å². The van der Waals surface area contributed by atoms with E-state index in [4.69, 9.17) is 5.73 Å². The molecule has 2 aromatic rings. The Morgan fingerprint density at radius 2 is 2.10 bits per heavy atom. The third kappa shape index (κ3) is 3.45. The van der Waals surface area contributed by atoms with Gasteiger partial charge in [-0.15, -0.1) is 0 Å². The average molecular weight is 272 g/mol. The van der Waals surface area contributed by atoms with Crippen LogP contribution in [0.3, 0.4) is 0 Å². The summed E-state index contributed by atoms with van der Waals surface area (Å²) in [5, 5.41) is 7.14. The van der Waals surface area contributed by atoms with Crippen molar-refractivity contribution < 1.29 is 4.79 Å². The van der Waals surface area contributed by atoms with Crippen molar-refractivity contribution >= 4 is 11.6 Å². The number of nitrogens with one attached hydrogen (secondary N) is 1. The van der Waals surface area contributed by atoms with Crippen LogP contribution in [0.5, 0.6) is 0 Å². The number of carbonyl (C=O) groups excluding carboxylic acids is 1. The number of rotatable bonds is 5. The average Bonchev–Trinajstić information content (AvgIpc) is 2.79. The zero-order valence-corrected chi connectivity index (χ0v) is 11.8. The van der Waals surface area contributed by atoms with Gasteiger partial charge in [-0.3, -0.25) is 9.48 Å². The van der Waals surface area contributed by atoms with E-state index in [0.29, 0.717) is 6.42 Å². The van der Waals surface area contributed by atoms with Crippen LogP contribution in [-0.2, 0) is 24.7 Å². The van der Waals surface area contributed by atoms with E-state index in [0.717, 1.165) is 23.4 Å². The molecule has 5 nitrogen and oxygen atoms in total. The van der Waals surface area contributed by atoms with Crippen LogP contribution in [-0.4, -0.2) is 21.7 Å². The van der Waals surface area contributed by atoms with E-state index in [1.54, 1.807) is 10.9 Å². The molecule has 1 atom stereocenters. The molecule has 1 aromatic carbocycles. The number of anilines is 1. The fourth-order valence-corrected chi connectivity index (χ4v) is 2.09. The summed E-state index contributed by atoms with van der Waals surface area (Å²) in [5.74, 6) is -0.184. The summed E-state index contributed by atoms with van der Waals surface area (Å²) in [4.78, 5) is 12.1. The largest absolute Gasteiger partial charge is 0.322 e. The third-order valence-corrected chi connectivity index (χ3v) is 3.13. The first-order valence-corrected chi connectivity index (χ1v) is 6.73. The van der Waals surface area contributed by atoms with Gasteiger partial charge in [0.1, 0.15) is 0 Å². The fraction of sp³-hybridized carbons (Fsp3) is 0.333. The third-order valence-electron chi connectivity index (χ3n) is 3.13. The molecule has 0 aliphatic carbocycles. The molecule has 0 unspecified atom stereocenters. The van der Waals surface area contributed by atoms with Crippen LogP contribution >= 0.6 is 0 Å². The van der Waals surface area contributed by atoms with E-state index in [1.165, 1.54) is 0 Å². The lowest BCUT2D eigenvalue weighted by molar-refractivity contribution is -0.117. The molecule has 1 amide bonds. The molecule has 1 heterocycles. The Balaban J connectivity index is 2.00. The monoisotopic (exact) mass is 272 g/mol. The number of hydrogen-bond donors (Lipinski definition) is 2. The highest BCUT2D eigenvalue weighted by Gasteiger charge is 2.16. The molecule has 106 valence electrons. The maximum absolute atomic E-state index is 12.1. The van der Waals surface area contributed by atoms with Gasteiger partial charge >= 0.3 is 0 Å². The molecular weight excluding hydrogens is 252 g/mol. The number of aromatic nitrogens is 2. The normalized spacial score (nSPS) is 12.2. The maximum atomic E-state index is 12.1. The summed E-state index contributed by atoms with van der Waals surface area (Å²) >= 11 is 0. The molecule has 0 aliphatic rings. The molecular formula is C15H20N4O. The van der Waals surface area contributed by atoms with Gasteiger partial charge in [-0.05, 0) is 18.4 Å². The summed E-state index contributed by atoms with van der Waals surface area (Å²) in [5.41, 5.74) is 8.62. The summed E-state index contributed by atoms with van der Waals surface area (Å²) in [6.45, 7) is 2.00. The first kappa shape index (κ1) is 14.3. The molecule has 0 fully saturated rings. The van der Waals surface area contributed by atoms with E-state index in [1.807, 2.05) is 44.3 Å². The van der Waals surface area contributed by atoms with E-state index in [9.17, 15) is 4.79 Å². The smallest absolute Gasteiger partial charge is 0.241 e. The predicted molar refractivity (Wildman–Crippen MR) is 79.3 cm³/mol. The molecule has 0 saturated carbocycles. The first-order valence-electron chi connectivity index (χ1n) is 6.73. The second-order valence-electron chi connectivity index (χ2n) is 4.80. The van der Waals surface area contributed by atoms with Crippen LogP contribution in [0.2, 0.25) is 0 Å². The van der Waals surface area contributed by atoms with E-state index in [-0.39, 0.29) is 5.91 Å². The zero-order valence-electron chi connectivity index (χ0n) is 11.8. The molecule has 0 radical (unpaired) electrons. The van der Waals surface area contributed by atoms with Gasteiger partial charge in [0.15, 0.2) is 0 Å². The minimum Gasteiger partial charge on any atom is -0.322 e. The number of nitrogens with two attached hydrogens (primary N) is 1. The van der Waals surface area contributed by atoms with Gasteiger partial charge in [0.25, 0.3) is 0 Å². The number of nitrogens with zero attached hydrogens (tertiary/aromatic N) is 2. The molecule has 5 heteroatoms. The van der Waals surface area contributed by atoms with Gasteiger partial charge in [-0.2, -0.15) is 5.10 Å². The van der Waals surface area contributed by atoms with Gasteiger partial charge in [-0.25, -0.2) is 0 Å². The summed E-state index contributed by atoms with van der Waals surface area (Å²) in [7, 11) is 1.83. The second-order valence-corrected chi connectivity index (χ2v) is 4.80. The Labute approximate surface area is 118 Å². The molecule has 3 N–H and O–H groups in total. The van der Waals surface area contributed by atoms with Crippen LogP contribution in [0.15, 0.2) is 36.5 Å². The van der Waals surface area contributed by atoms with Crippen LogP contribution in [0.1, 0.15) is 18.2 Å².